The Morgan fingerprint density at radius 2 is 1.87 bits per heavy atom. The number of benzene rings is 2. The van der Waals surface area contributed by atoms with Crippen molar-refractivity contribution in [3.8, 4) is 0 Å². The summed E-state index contributed by atoms with van der Waals surface area (Å²) in [5.41, 5.74) is 4.24. The lowest BCUT2D eigenvalue weighted by atomic mass is 10.0. The lowest BCUT2D eigenvalue weighted by Crippen LogP contribution is -2.25. The van der Waals surface area contributed by atoms with Crippen LogP contribution in [0.2, 0.25) is 5.02 Å². The van der Waals surface area contributed by atoms with Gasteiger partial charge in [-0.1, -0.05) is 23.4 Å². The first-order chi connectivity index (χ1) is 14.9. The molecule has 0 amide bonds. The molecule has 2 heterocycles. The lowest BCUT2D eigenvalue weighted by molar-refractivity contribution is 0.519. The number of halogens is 1. The zero-order valence-corrected chi connectivity index (χ0v) is 18.8. The van der Waals surface area contributed by atoms with Crippen LogP contribution in [0.3, 0.4) is 0 Å². The summed E-state index contributed by atoms with van der Waals surface area (Å²) in [5.74, 6) is 0.506. The molecule has 31 heavy (non-hydrogen) atoms. The van der Waals surface area contributed by atoms with Crippen LogP contribution < -0.4 is 11.2 Å². The van der Waals surface area contributed by atoms with Gasteiger partial charge in [-0.2, -0.15) is 0 Å². The number of nitrogens with zero attached hydrogens (tertiary/aromatic N) is 2. The van der Waals surface area contributed by atoms with Crippen LogP contribution in [0.15, 0.2) is 55.6 Å². The number of rotatable bonds is 4. The molecule has 4 aromatic rings. The zero-order valence-electron chi connectivity index (χ0n) is 17.3. The molecule has 0 N–H and O–H groups in total. The van der Waals surface area contributed by atoms with Crippen LogP contribution in [0.25, 0.3) is 21.9 Å². The quantitative estimate of drug-likeness (QED) is 0.232. The average molecular weight is 453 g/mol. The SMILES string of the molecule is CC(C)n1c(SCc2cc(=O)oc3cc4c(cc23)CCC4)nc2cc(Cl)ccc2c1=O. The Morgan fingerprint density at radius 1 is 1.10 bits per heavy atom. The largest absolute Gasteiger partial charge is 0.423 e. The average Bonchev–Trinajstić information content (AvgIpc) is 3.17. The van der Waals surface area contributed by atoms with Crippen molar-refractivity contribution >= 4 is 45.2 Å². The van der Waals surface area contributed by atoms with Gasteiger partial charge in [0, 0.05) is 28.3 Å². The van der Waals surface area contributed by atoms with Crippen molar-refractivity contribution in [2.45, 2.75) is 50.1 Å². The molecule has 0 bridgehead atoms. The van der Waals surface area contributed by atoms with E-state index in [9.17, 15) is 9.59 Å². The summed E-state index contributed by atoms with van der Waals surface area (Å²) in [7, 11) is 0. The second-order valence-corrected chi connectivity index (χ2v) is 9.55. The third-order valence-corrected chi connectivity index (χ3v) is 6.98. The molecule has 2 aromatic heterocycles. The first kappa shape index (κ1) is 20.3. The van der Waals surface area contributed by atoms with E-state index in [0.717, 1.165) is 30.2 Å². The molecule has 158 valence electrons. The van der Waals surface area contributed by atoms with Gasteiger partial charge in [-0.25, -0.2) is 9.78 Å². The van der Waals surface area contributed by atoms with Crippen LogP contribution in [-0.2, 0) is 18.6 Å². The summed E-state index contributed by atoms with van der Waals surface area (Å²) >= 11 is 7.58. The predicted molar refractivity (Wildman–Crippen MR) is 125 cm³/mol. The van der Waals surface area contributed by atoms with Crippen molar-refractivity contribution in [3.63, 3.8) is 0 Å². The smallest absolute Gasteiger partial charge is 0.336 e. The van der Waals surface area contributed by atoms with E-state index in [1.54, 1.807) is 28.8 Å². The highest BCUT2D eigenvalue weighted by molar-refractivity contribution is 7.98. The topological polar surface area (TPSA) is 65.1 Å². The van der Waals surface area contributed by atoms with Crippen molar-refractivity contribution in [3.05, 3.63) is 78.9 Å². The maximum atomic E-state index is 13.1. The second kappa shape index (κ2) is 7.84. The Labute approximate surface area is 188 Å². The predicted octanol–water partition coefficient (Wildman–Crippen LogP) is 5.52. The number of thioether (sulfide) groups is 1. The number of hydrogen-bond donors (Lipinski definition) is 0. The Hall–Kier alpha value is -2.57. The molecule has 1 aliphatic carbocycles. The third kappa shape index (κ3) is 3.68. The fraction of sp³-hybridized carbons (Fsp3) is 0.292. The van der Waals surface area contributed by atoms with Crippen molar-refractivity contribution in [1.29, 1.82) is 0 Å². The van der Waals surface area contributed by atoms with Crippen molar-refractivity contribution in [1.82, 2.24) is 9.55 Å². The van der Waals surface area contributed by atoms with Gasteiger partial charge in [0.25, 0.3) is 5.56 Å². The molecule has 5 nitrogen and oxygen atoms in total. The first-order valence-electron chi connectivity index (χ1n) is 10.3. The van der Waals surface area contributed by atoms with Crippen LogP contribution in [0, 0.1) is 0 Å². The van der Waals surface area contributed by atoms with E-state index >= 15 is 0 Å². The third-order valence-electron chi connectivity index (χ3n) is 5.75. The van der Waals surface area contributed by atoms with E-state index < -0.39 is 0 Å². The monoisotopic (exact) mass is 452 g/mol. The fourth-order valence-corrected chi connectivity index (χ4v) is 5.55. The van der Waals surface area contributed by atoms with E-state index in [1.165, 1.54) is 22.9 Å². The van der Waals surface area contributed by atoms with Gasteiger partial charge < -0.3 is 4.42 Å². The lowest BCUT2D eigenvalue weighted by Gasteiger charge is -2.16. The molecule has 5 rings (SSSR count). The number of aryl methyl sites for hydroxylation is 2. The van der Waals surface area contributed by atoms with Crippen LogP contribution >= 0.6 is 23.4 Å². The first-order valence-corrected chi connectivity index (χ1v) is 11.7. The maximum Gasteiger partial charge on any atom is 0.336 e. The fourth-order valence-electron chi connectivity index (χ4n) is 4.27. The molecule has 0 radical (unpaired) electrons. The molecule has 7 heteroatoms. The molecule has 0 fully saturated rings. The standard InChI is InChI=1S/C24H21ClN2O3S/c1-13(2)27-23(29)18-7-6-17(25)11-20(18)26-24(27)31-12-16-10-22(28)30-21-9-15-5-3-4-14(15)8-19(16)21/h6-11,13H,3-5,12H2,1-2H3. The van der Waals surface area contributed by atoms with Gasteiger partial charge in [0.2, 0.25) is 0 Å². The Balaban J connectivity index is 1.60. The van der Waals surface area contributed by atoms with Crippen molar-refractivity contribution in [2.75, 3.05) is 0 Å². The van der Waals surface area contributed by atoms with Gasteiger partial charge in [0.05, 0.1) is 10.9 Å². The summed E-state index contributed by atoms with van der Waals surface area (Å²) in [6, 6.07) is 10.8. The normalized spacial score (nSPS) is 13.4. The van der Waals surface area contributed by atoms with Gasteiger partial charge in [-0.15, -0.1) is 0 Å². The van der Waals surface area contributed by atoms with E-state index in [1.807, 2.05) is 19.9 Å². The summed E-state index contributed by atoms with van der Waals surface area (Å²) in [6.45, 7) is 3.93. The highest BCUT2D eigenvalue weighted by Crippen LogP contribution is 2.32. The number of hydrogen-bond acceptors (Lipinski definition) is 5. The summed E-state index contributed by atoms with van der Waals surface area (Å²) < 4.78 is 7.18. The van der Waals surface area contributed by atoms with Crippen LogP contribution in [0.5, 0.6) is 0 Å². The van der Waals surface area contributed by atoms with Crippen LogP contribution in [-0.4, -0.2) is 9.55 Å². The zero-order chi connectivity index (χ0) is 21.7. The Kier molecular flexibility index (Phi) is 5.15. The van der Waals surface area contributed by atoms with Gasteiger partial charge in [-0.3, -0.25) is 9.36 Å². The van der Waals surface area contributed by atoms with E-state index in [4.69, 9.17) is 21.0 Å². The summed E-state index contributed by atoms with van der Waals surface area (Å²) in [4.78, 5) is 30.0. The second-order valence-electron chi connectivity index (χ2n) is 8.17. The minimum absolute atomic E-state index is 0.0524. The van der Waals surface area contributed by atoms with E-state index in [-0.39, 0.29) is 17.2 Å². The summed E-state index contributed by atoms with van der Waals surface area (Å²) in [6.07, 6.45) is 3.21. The maximum absolute atomic E-state index is 13.1. The Morgan fingerprint density at radius 3 is 2.65 bits per heavy atom. The minimum atomic E-state index is -0.361. The molecule has 0 saturated heterocycles. The molecule has 2 aromatic carbocycles. The van der Waals surface area contributed by atoms with Crippen molar-refractivity contribution in [2.24, 2.45) is 0 Å². The summed E-state index contributed by atoms with van der Waals surface area (Å²) in [5, 5.41) is 2.65. The molecule has 0 saturated carbocycles. The van der Waals surface area contributed by atoms with Gasteiger partial charge >= 0.3 is 5.63 Å². The molecule has 0 unspecified atom stereocenters. The Bertz CT molecular complexity index is 1460. The van der Waals surface area contributed by atoms with Gasteiger partial charge in [0.15, 0.2) is 5.16 Å². The van der Waals surface area contributed by atoms with Crippen molar-refractivity contribution < 1.29 is 4.42 Å². The molecule has 0 aliphatic heterocycles. The van der Waals surface area contributed by atoms with E-state index in [0.29, 0.717) is 32.4 Å². The molecule has 1 aliphatic rings. The van der Waals surface area contributed by atoms with Crippen LogP contribution in [0.4, 0.5) is 0 Å². The molecule has 0 spiro atoms. The highest BCUT2D eigenvalue weighted by atomic mass is 35.5. The molecule has 0 atom stereocenters. The van der Waals surface area contributed by atoms with Gasteiger partial charge in [0.1, 0.15) is 5.58 Å². The number of aromatic nitrogens is 2. The minimum Gasteiger partial charge on any atom is -0.423 e. The van der Waals surface area contributed by atoms with Gasteiger partial charge in [-0.05, 0) is 80.1 Å². The number of fused-ring (bicyclic) bond motifs is 3. The van der Waals surface area contributed by atoms with E-state index in [2.05, 4.69) is 6.07 Å². The highest BCUT2D eigenvalue weighted by Gasteiger charge is 2.18. The van der Waals surface area contributed by atoms with Crippen LogP contribution in [0.1, 0.15) is 43.0 Å². The molecular weight excluding hydrogens is 432 g/mol. The molecular formula is C24H21ClN2O3S.